The lowest BCUT2D eigenvalue weighted by Crippen LogP contribution is -2.22. The fraction of sp³-hybridized carbons (Fsp3) is 0.308. The summed E-state index contributed by atoms with van der Waals surface area (Å²) >= 11 is 0. The lowest BCUT2D eigenvalue weighted by atomic mass is 10.0. The zero-order valence-corrected chi connectivity index (χ0v) is 11.3. The summed E-state index contributed by atoms with van der Waals surface area (Å²) in [5, 5.41) is 0. The van der Waals surface area contributed by atoms with Crippen LogP contribution in [0.15, 0.2) is 29.8 Å². The van der Waals surface area contributed by atoms with Crippen LogP contribution in [0, 0.1) is 0 Å². The van der Waals surface area contributed by atoms with Gasteiger partial charge in [0.2, 0.25) is 0 Å². The molecule has 18 heavy (non-hydrogen) atoms. The van der Waals surface area contributed by atoms with Crippen molar-refractivity contribution in [3.8, 4) is 0 Å². The van der Waals surface area contributed by atoms with Gasteiger partial charge in [0, 0.05) is 5.57 Å². The van der Waals surface area contributed by atoms with Crippen molar-refractivity contribution >= 4 is 20.8 Å². The van der Waals surface area contributed by atoms with E-state index in [0.717, 1.165) is 5.56 Å². The van der Waals surface area contributed by atoms with Crippen LogP contribution in [0.1, 0.15) is 37.8 Å². The third-order valence-electron chi connectivity index (χ3n) is 3.02. The molecule has 0 spiro atoms. The number of benzene rings is 1. The van der Waals surface area contributed by atoms with E-state index in [4.69, 9.17) is 0 Å². The average Bonchev–Trinajstić information content (AvgIpc) is 2.48. The molecule has 1 amide bonds. The van der Waals surface area contributed by atoms with Crippen molar-refractivity contribution in [3.63, 3.8) is 0 Å². The van der Waals surface area contributed by atoms with Gasteiger partial charge in [0.25, 0.3) is 15.9 Å². The smallest absolute Gasteiger partial charge is 0.265 e. The van der Waals surface area contributed by atoms with E-state index in [1.807, 2.05) is 16.9 Å². The van der Waals surface area contributed by atoms with Crippen molar-refractivity contribution in [2.24, 2.45) is 0 Å². The molecule has 1 aliphatic heterocycles. The molecule has 1 aliphatic rings. The fourth-order valence-corrected chi connectivity index (χ4v) is 3.39. The number of hydrogen-bond acceptors (Lipinski definition) is 3. The van der Waals surface area contributed by atoms with E-state index in [-0.39, 0.29) is 10.5 Å². The highest BCUT2D eigenvalue weighted by atomic mass is 32.2. The van der Waals surface area contributed by atoms with E-state index in [1.165, 1.54) is 6.92 Å². The second-order valence-corrected chi connectivity index (χ2v) is 6.28. The molecule has 1 heterocycles. The first kappa shape index (κ1) is 12.8. The molecule has 4 nitrogen and oxygen atoms in total. The quantitative estimate of drug-likeness (QED) is 0.889. The lowest BCUT2D eigenvalue weighted by Gasteiger charge is -2.07. The van der Waals surface area contributed by atoms with Crippen molar-refractivity contribution < 1.29 is 13.2 Å². The van der Waals surface area contributed by atoms with Gasteiger partial charge in [-0.05, 0) is 24.0 Å². The van der Waals surface area contributed by atoms with Crippen LogP contribution in [0.4, 0.5) is 0 Å². The molecule has 1 aromatic carbocycles. The normalized spacial score (nSPS) is 18.3. The molecule has 0 bridgehead atoms. The molecule has 0 atom stereocenters. The van der Waals surface area contributed by atoms with Gasteiger partial charge in [0.05, 0.1) is 0 Å². The number of sulfonamides is 1. The largest absolute Gasteiger partial charge is 0.269 e. The number of carbonyl (C=O) groups excluding carboxylic acids is 1. The van der Waals surface area contributed by atoms with Crippen LogP contribution < -0.4 is 4.72 Å². The van der Waals surface area contributed by atoms with Gasteiger partial charge in [-0.25, -0.2) is 13.1 Å². The van der Waals surface area contributed by atoms with E-state index in [9.17, 15) is 13.2 Å². The van der Waals surface area contributed by atoms with Gasteiger partial charge in [-0.1, -0.05) is 38.1 Å². The van der Waals surface area contributed by atoms with Gasteiger partial charge < -0.3 is 0 Å². The van der Waals surface area contributed by atoms with Crippen LogP contribution in [-0.4, -0.2) is 14.3 Å². The van der Waals surface area contributed by atoms with E-state index in [2.05, 4.69) is 13.8 Å². The Morgan fingerprint density at radius 1 is 1.11 bits per heavy atom. The monoisotopic (exact) mass is 265 g/mol. The first-order valence-corrected chi connectivity index (χ1v) is 7.19. The Balaban J connectivity index is 2.52. The summed E-state index contributed by atoms with van der Waals surface area (Å²) in [6.45, 7) is 5.65. The maximum absolute atomic E-state index is 11.8. The van der Waals surface area contributed by atoms with Crippen LogP contribution in [0.5, 0.6) is 0 Å². The van der Waals surface area contributed by atoms with Gasteiger partial charge in [-0.15, -0.1) is 0 Å². The Labute approximate surface area is 107 Å². The van der Waals surface area contributed by atoms with Gasteiger partial charge in [-0.2, -0.15) is 0 Å². The molecule has 0 saturated carbocycles. The minimum Gasteiger partial charge on any atom is -0.269 e. The van der Waals surface area contributed by atoms with Crippen molar-refractivity contribution in [3.05, 3.63) is 41.0 Å². The summed E-state index contributed by atoms with van der Waals surface area (Å²) in [7, 11) is -3.69. The van der Waals surface area contributed by atoms with Gasteiger partial charge >= 0.3 is 0 Å². The third kappa shape index (κ3) is 2.06. The first-order valence-electron chi connectivity index (χ1n) is 5.71. The fourth-order valence-electron chi connectivity index (χ4n) is 1.95. The Bertz CT molecular complexity index is 625. The Morgan fingerprint density at radius 2 is 1.67 bits per heavy atom. The molecule has 96 valence electrons. The van der Waals surface area contributed by atoms with Crippen molar-refractivity contribution in [1.82, 2.24) is 4.72 Å². The second kappa shape index (κ2) is 4.24. The van der Waals surface area contributed by atoms with Crippen LogP contribution in [-0.2, 0) is 14.8 Å². The van der Waals surface area contributed by atoms with Gasteiger partial charge in [0.1, 0.15) is 4.91 Å². The summed E-state index contributed by atoms with van der Waals surface area (Å²) < 4.78 is 25.6. The highest BCUT2D eigenvalue weighted by Gasteiger charge is 2.33. The van der Waals surface area contributed by atoms with E-state index >= 15 is 0 Å². The Morgan fingerprint density at radius 3 is 2.06 bits per heavy atom. The Hall–Kier alpha value is -1.62. The molecule has 0 radical (unpaired) electrons. The minimum absolute atomic E-state index is 0.0859. The van der Waals surface area contributed by atoms with Crippen molar-refractivity contribution in [2.75, 3.05) is 0 Å². The van der Waals surface area contributed by atoms with Gasteiger partial charge in [-0.3, -0.25) is 4.79 Å². The standard InChI is InChI=1S/C13H15NO3S/c1-8(2)10-4-6-11(7-5-10)12-9(3)13(15)14-18(12,16)17/h4-8H,1-3H3,(H,14,15). The summed E-state index contributed by atoms with van der Waals surface area (Å²) in [6.07, 6.45) is 0. The number of hydrogen-bond donors (Lipinski definition) is 1. The SMILES string of the molecule is CC1=C(c2ccc(C(C)C)cc2)S(=O)(=O)NC1=O. The van der Waals surface area contributed by atoms with Crippen molar-refractivity contribution in [2.45, 2.75) is 26.7 Å². The molecule has 1 N–H and O–H groups in total. The molecular weight excluding hydrogens is 250 g/mol. The zero-order chi connectivity index (χ0) is 13.5. The predicted molar refractivity (Wildman–Crippen MR) is 70.2 cm³/mol. The van der Waals surface area contributed by atoms with Crippen LogP contribution >= 0.6 is 0 Å². The highest BCUT2D eigenvalue weighted by Crippen LogP contribution is 2.29. The third-order valence-corrected chi connectivity index (χ3v) is 4.55. The molecular formula is C13H15NO3S. The van der Waals surface area contributed by atoms with Crippen LogP contribution in [0.25, 0.3) is 4.91 Å². The summed E-state index contributed by atoms with van der Waals surface area (Å²) in [5.41, 5.74) is 1.93. The molecule has 0 unspecified atom stereocenters. The van der Waals surface area contributed by atoms with Crippen LogP contribution in [0.2, 0.25) is 0 Å². The number of carbonyl (C=O) groups is 1. The molecule has 0 fully saturated rings. The molecule has 0 aliphatic carbocycles. The van der Waals surface area contributed by atoms with E-state index in [0.29, 0.717) is 11.5 Å². The zero-order valence-electron chi connectivity index (χ0n) is 10.5. The summed E-state index contributed by atoms with van der Waals surface area (Å²) in [5.74, 6) is -0.160. The first-order chi connectivity index (χ1) is 8.33. The van der Waals surface area contributed by atoms with Crippen LogP contribution in [0.3, 0.4) is 0 Å². The second-order valence-electron chi connectivity index (χ2n) is 4.67. The van der Waals surface area contributed by atoms with E-state index < -0.39 is 15.9 Å². The minimum atomic E-state index is -3.69. The molecule has 1 aromatic rings. The predicted octanol–water partition coefficient (Wildman–Crippen LogP) is 2.00. The maximum Gasteiger partial charge on any atom is 0.265 e. The maximum atomic E-state index is 11.8. The number of amides is 1. The van der Waals surface area contributed by atoms with Gasteiger partial charge in [0.15, 0.2) is 0 Å². The highest BCUT2D eigenvalue weighted by molar-refractivity contribution is 8.00. The Kier molecular flexibility index (Phi) is 3.02. The average molecular weight is 265 g/mol. The molecule has 0 aromatic heterocycles. The molecule has 0 saturated heterocycles. The van der Waals surface area contributed by atoms with E-state index in [1.54, 1.807) is 12.1 Å². The lowest BCUT2D eigenvalue weighted by molar-refractivity contribution is -0.115. The number of nitrogens with one attached hydrogen (secondary N) is 1. The topological polar surface area (TPSA) is 63.2 Å². The summed E-state index contributed by atoms with van der Waals surface area (Å²) in [4.78, 5) is 11.5. The molecule has 5 heteroatoms. The summed E-state index contributed by atoms with van der Waals surface area (Å²) in [6, 6.07) is 7.26. The number of rotatable bonds is 2. The van der Waals surface area contributed by atoms with Crippen molar-refractivity contribution in [1.29, 1.82) is 0 Å². The molecule has 2 rings (SSSR count).